The first-order valence-corrected chi connectivity index (χ1v) is 9.39. The lowest BCUT2D eigenvalue weighted by Crippen LogP contribution is -2.26. The fourth-order valence-electron chi connectivity index (χ4n) is 2.52. The summed E-state index contributed by atoms with van der Waals surface area (Å²) >= 11 is 5.63. The van der Waals surface area contributed by atoms with Crippen LogP contribution in [0.5, 0.6) is 0 Å². The van der Waals surface area contributed by atoms with Gasteiger partial charge in [0, 0.05) is 21.2 Å². The van der Waals surface area contributed by atoms with Crippen molar-refractivity contribution in [2.45, 2.75) is 44.6 Å². The van der Waals surface area contributed by atoms with E-state index in [2.05, 4.69) is 43.8 Å². The lowest BCUT2D eigenvalue weighted by molar-refractivity contribution is 0.0273. The first kappa shape index (κ1) is 17.2. The molecule has 116 valence electrons. The quantitative estimate of drug-likeness (QED) is 0.495. The fraction of sp³-hybridized carbons (Fsp3) is 0.562. The Balaban J connectivity index is 1.66. The minimum atomic E-state index is -0.0296. The van der Waals surface area contributed by atoms with E-state index in [0.717, 1.165) is 21.1 Å². The van der Waals surface area contributed by atoms with Crippen LogP contribution in [0.3, 0.4) is 0 Å². The van der Waals surface area contributed by atoms with E-state index in [0.29, 0.717) is 18.2 Å². The molecule has 0 atom stereocenters. The predicted octanol–water partition coefficient (Wildman–Crippen LogP) is 4.52. The van der Waals surface area contributed by atoms with Crippen LogP contribution in [0.25, 0.3) is 0 Å². The zero-order chi connectivity index (χ0) is 15.1. The number of nitrogens with one attached hydrogen (secondary N) is 1. The molecule has 21 heavy (non-hydrogen) atoms. The van der Waals surface area contributed by atoms with Crippen LogP contribution in [0.2, 0.25) is 0 Å². The van der Waals surface area contributed by atoms with Gasteiger partial charge in [-0.15, -0.1) is 0 Å². The molecule has 0 saturated heterocycles. The van der Waals surface area contributed by atoms with Crippen LogP contribution < -0.4 is 5.32 Å². The maximum Gasteiger partial charge on any atom is 0.252 e. The molecule has 2 rings (SSSR count). The maximum atomic E-state index is 12.1. The third-order valence-corrected chi connectivity index (χ3v) is 5.05. The average molecular weight is 466 g/mol. The Hall–Kier alpha value is -0.140. The molecule has 5 heteroatoms. The Labute approximate surface area is 148 Å². The van der Waals surface area contributed by atoms with Crippen LogP contribution in [0.15, 0.2) is 22.7 Å². The van der Waals surface area contributed by atoms with E-state index in [4.69, 9.17) is 4.74 Å². The van der Waals surface area contributed by atoms with E-state index < -0.39 is 0 Å². The van der Waals surface area contributed by atoms with E-state index in [1.165, 1.54) is 32.1 Å². The van der Waals surface area contributed by atoms with Crippen LogP contribution in [0, 0.1) is 3.57 Å². The first-order valence-electron chi connectivity index (χ1n) is 7.51. The average Bonchev–Trinajstić information content (AvgIpc) is 2.50. The molecule has 0 bridgehead atoms. The molecule has 3 nitrogen and oxygen atoms in total. The molecule has 0 spiro atoms. The van der Waals surface area contributed by atoms with Crippen LogP contribution in [-0.4, -0.2) is 25.2 Å². The molecule has 1 N–H and O–H groups in total. The van der Waals surface area contributed by atoms with Crippen molar-refractivity contribution in [2.24, 2.45) is 0 Å². The van der Waals surface area contributed by atoms with E-state index >= 15 is 0 Å². The van der Waals surface area contributed by atoms with Crippen molar-refractivity contribution >= 4 is 44.4 Å². The van der Waals surface area contributed by atoms with Crippen molar-refractivity contribution in [1.82, 2.24) is 5.32 Å². The van der Waals surface area contributed by atoms with Gasteiger partial charge in [0.15, 0.2) is 0 Å². The van der Waals surface area contributed by atoms with Crippen LogP contribution in [0.1, 0.15) is 48.9 Å². The van der Waals surface area contributed by atoms with Gasteiger partial charge in [0.05, 0.1) is 11.7 Å². The molecule has 1 fully saturated rings. The summed E-state index contributed by atoms with van der Waals surface area (Å²) < 4.78 is 7.74. The molecule has 0 aliphatic heterocycles. The van der Waals surface area contributed by atoms with Crippen LogP contribution >= 0.6 is 38.5 Å². The zero-order valence-corrected chi connectivity index (χ0v) is 15.8. The van der Waals surface area contributed by atoms with Gasteiger partial charge in [-0.25, -0.2) is 0 Å². The Morgan fingerprint density at radius 3 is 2.86 bits per heavy atom. The predicted molar refractivity (Wildman–Crippen MR) is 96.6 cm³/mol. The van der Waals surface area contributed by atoms with Crippen molar-refractivity contribution in [1.29, 1.82) is 0 Å². The fourth-order valence-corrected chi connectivity index (χ4v) is 3.44. The number of amides is 1. The monoisotopic (exact) mass is 465 g/mol. The summed E-state index contributed by atoms with van der Waals surface area (Å²) in [4.78, 5) is 12.1. The Morgan fingerprint density at radius 1 is 1.33 bits per heavy atom. The van der Waals surface area contributed by atoms with Gasteiger partial charge in [0.2, 0.25) is 0 Å². The van der Waals surface area contributed by atoms with Gasteiger partial charge in [0.25, 0.3) is 5.91 Å². The molecule has 1 aliphatic rings. The van der Waals surface area contributed by atoms with Crippen molar-refractivity contribution in [3.63, 3.8) is 0 Å². The molecule has 0 aromatic heterocycles. The maximum absolute atomic E-state index is 12.1. The van der Waals surface area contributed by atoms with Gasteiger partial charge in [-0.2, -0.15) is 0 Å². The Kier molecular flexibility index (Phi) is 7.46. The standard InChI is InChI=1S/C16H21BrINO2/c17-15-8-7-12(18)11-14(15)16(20)19-9-4-10-21-13-5-2-1-3-6-13/h7-8,11,13H,1-6,9-10H2,(H,19,20). The van der Waals surface area contributed by atoms with Crippen molar-refractivity contribution in [2.75, 3.05) is 13.2 Å². The number of hydrogen-bond acceptors (Lipinski definition) is 2. The van der Waals surface area contributed by atoms with Gasteiger partial charge in [-0.05, 0) is 76.0 Å². The highest BCUT2D eigenvalue weighted by Gasteiger charge is 2.13. The summed E-state index contributed by atoms with van der Waals surface area (Å²) in [6.07, 6.45) is 7.64. The normalized spacial score (nSPS) is 15.9. The molecular formula is C16H21BrINO2. The summed E-state index contributed by atoms with van der Waals surface area (Å²) in [6, 6.07) is 5.76. The van der Waals surface area contributed by atoms with E-state index in [1.54, 1.807) is 0 Å². The molecule has 0 heterocycles. The molecule has 0 unspecified atom stereocenters. The van der Waals surface area contributed by atoms with Crippen molar-refractivity contribution < 1.29 is 9.53 Å². The van der Waals surface area contributed by atoms with Crippen molar-refractivity contribution in [3.8, 4) is 0 Å². The van der Waals surface area contributed by atoms with Gasteiger partial charge in [0.1, 0.15) is 0 Å². The summed E-state index contributed by atoms with van der Waals surface area (Å²) in [5, 5.41) is 2.95. The number of carbonyl (C=O) groups excluding carboxylic acids is 1. The number of carbonyl (C=O) groups is 1. The largest absolute Gasteiger partial charge is 0.378 e. The highest BCUT2D eigenvalue weighted by molar-refractivity contribution is 14.1. The SMILES string of the molecule is O=C(NCCCOC1CCCCC1)c1cc(I)ccc1Br. The Morgan fingerprint density at radius 2 is 2.10 bits per heavy atom. The third-order valence-electron chi connectivity index (χ3n) is 3.69. The number of benzene rings is 1. The minimum Gasteiger partial charge on any atom is -0.378 e. The lowest BCUT2D eigenvalue weighted by Gasteiger charge is -2.21. The minimum absolute atomic E-state index is 0.0296. The zero-order valence-electron chi connectivity index (χ0n) is 12.0. The smallest absolute Gasteiger partial charge is 0.252 e. The number of hydrogen-bond donors (Lipinski definition) is 1. The molecule has 0 radical (unpaired) electrons. The van der Waals surface area contributed by atoms with E-state index in [1.807, 2.05) is 18.2 Å². The summed E-state index contributed by atoms with van der Waals surface area (Å²) in [7, 11) is 0. The second-order valence-corrected chi connectivity index (χ2v) is 7.46. The molecular weight excluding hydrogens is 445 g/mol. The molecule has 1 saturated carbocycles. The highest BCUT2D eigenvalue weighted by atomic mass is 127. The highest BCUT2D eigenvalue weighted by Crippen LogP contribution is 2.20. The second kappa shape index (κ2) is 9.10. The number of ether oxygens (including phenoxy) is 1. The molecule has 1 aromatic rings. The summed E-state index contributed by atoms with van der Waals surface area (Å²) in [5.41, 5.74) is 0.690. The molecule has 1 aliphatic carbocycles. The van der Waals surface area contributed by atoms with E-state index in [9.17, 15) is 4.79 Å². The van der Waals surface area contributed by atoms with Crippen LogP contribution in [0.4, 0.5) is 0 Å². The van der Waals surface area contributed by atoms with Crippen molar-refractivity contribution in [3.05, 3.63) is 31.8 Å². The topological polar surface area (TPSA) is 38.3 Å². The van der Waals surface area contributed by atoms with Gasteiger partial charge < -0.3 is 10.1 Å². The number of rotatable bonds is 6. The second-order valence-electron chi connectivity index (χ2n) is 5.36. The lowest BCUT2D eigenvalue weighted by atomic mass is 9.98. The molecule has 1 aromatic carbocycles. The van der Waals surface area contributed by atoms with Gasteiger partial charge >= 0.3 is 0 Å². The summed E-state index contributed by atoms with van der Waals surface area (Å²) in [6.45, 7) is 1.39. The first-order chi connectivity index (χ1) is 10.2. The van der Waals surface area contributed by atoms with Crippen LogP contribution in [-0.2, 0) is 4.74 Å². The van der Waals surface area contributed by atoms with Gasteiger partial charge in [-0.1, -0.05) is 19.3 Å². The molecule has 1 amide bonds. The van der Waals surface area contributed by atoms with E-state index in [-0.39, 0.29) is 5.91 Å². The summed E-state index contributed by atoms with van der Waals surface area (Å²) in [5.74, 6) is -0.0296. The number of halogens is 2. The third kappa shape index (κ3) is 5.87. The Bertz CT molecular complexity index is 475. The van der Waals surface area contributed by atoms with Gasteiger partial charge in [-0.3, -0.25) is 4.79 Å².